The predicted molar refractivity (Wildman–Crippen MR) is 122 cm³/mol. The Morgan fingerprint density at radius 3 is 2.45 bits per heavy atom. The smallest absolute Gasteiger partial charge is 0.0804 e. The monoisotopic (exact) mass is 389 g/mol. The normalized spacial score (nSPS) is 15.0. The molecule has 0 spiro atoms. The third-order valence-corrected chi connectivity index (χ3v) is 5.76. The number of morpholine rings is 1. The van der Waals surface area contributed by atoms with Crippen LogP contribution < -0.4 is 5.32 Å². The Morgan fingerprint density at radius 1 is 1.00 bits per heavy atom. The molecule has 0 bridgehead atoms. The van der Waals surface area contributed by atoms with E-state index in [9.17, 15) is 0 Å². The van der Waals surface area contributed by atoms with Crippen molar-refractivity contribution in [3.8, 4) is 11.1 Å². The van der Waals surface area contributed by atoms with E-state index < -0.39 is 0 Å². The highest BCUT2D eigenvalue weighted by Gasteiger charge is 2.14. The van der Waals surface area contributed by atoms with Gasteiger partial charge in [0.25, 0.3) is 0 Å². The van der Waals surface area contributed by atoms with Crippen molar-refractivity contribution >= 4 is 16.6 Å². The fraction of sp³-hybridized carbons (Fsp3) is 0.400. The number of nitrogens with zero attached hydrogens (tertiary/aromatic N) is 2. The van der Waals surface area contributed by atoms with Crippen LogP contribution in [0, 0.1) is 27.7 Å². The standard InChI is InChI=1S/C25H31N3O/c1-17-14-18(2)24(19(3)15-17)22-7-5-6-21-23(16-20(4)27-25(21)22)26-8-9-28-10-12-29-13-11-28/h5-7,14-16H,8-13H2,1-4H3,(H,26,27). The highest BCUT2D eigenvalue weighted by atomic mass is 16.5. The summed E-state index contributed by atoms with van der Waals surface area (Å²) in [4.78, 5) is 7.40. The molecular formula is C25H31N3O. The summed E-state index contributed by atoms with van der Waals surface area (Å²) in [5.74, 6) is 0. The van der Waals surface area contributed by atoms with Gasteiger partial charge in [-0.25, -0.2) is 0 Å². The van der Waals surface area contributed by atoms with Crippen molar-refractivity contribution in [1.29, 1.82) is 0 Å². The summed E-state index contributed by atoms with van der Waals surface area (Å²) in [6, 6.07) is 13.2. The van der Waals surface area contributed by atoms with Gasteiger partial charge in [0.15, 0.2) is 0 Å². The molecule has 3 aromatic rings. The van der Waals surface area contributed by atoms with E-state index in [1.807, 2.05) is 0 Å². The van der Waals surface area contributed by atoms with Gasteiger partial charge in [-0.15, -0.1) is 0 Å². The van der Waals surface area contributed by atoms with Crippen LogP contribution in [0.15, 0.2) is 36.4 Å². The van der Waals surface area contributed by atoms with E-state index in [-0.39, 0.29) is 0 Å². The summed E-state index contributed by atoms with van der Waals surface area (Å²) in [6.45, 7) is 14.3. The number of nitrogens with one attached hydrogen (secondary N) is 1. The van der Waals surface area contributed by atoms with E-state index in [0.29, 0.717) is 0 Å². The van der Waals surface area contributed by atoms with Gasteiger partial charge in [0, 0.05) is 48.5 Å². The number of hydrogen-bond acceptors (Lipinski definition) is 4. The van der Waals surface area contributed by atoms with E-state index in [0.717, 1.165) is 50.6 Å². The molecule has 0 amide bonds. The lowest BCUT2D eigenvalue weighted by molar-refractivity contribution is 0.0398. The van der Waals surface area contributed by atoms with E-state index in [4.69, 9.17) is 9.72 Å². The molecule has 152 valence electrons. The number of rotatable bonds is 5. The van der Waals surface area contributed by atoms with Gasteiger partial charge in [0.2, 0.25) is 0 Å². The van der Waals surface area contributed by atoms with Gasteiger partial charge in [0.05, 0.1) is 18.7 Å². The Labute approximate surface area is 173 Å². The number of hydrogen-bond donors (Lipinski definition) is 1. The van der Waals surface area contributed by atoms with Crippen molar-refractivity contribution in [2.75, 3.05) is 44.7 Å². The highest BCUT2D eigenvalue weighted by Crippen LogP contribution is 2.35. The number of fused-ring (bicyclic) bond motifs is 1. The van der Waals surface area contributed by atoms with Gasteiger partial charge in [-0.1, -0.05) is 35.9 Å². The van der Waals surface area contributed by atoms with Crippen LogP contribution in [0.2, 0.25) is 0 Å². The number of anilines is 1. The zero-order valence-corrected chi connectivity index (χ0v) is 18.0. The minimum absolute atomic E-state index is 0.843. The maximum absolute atomic E-state index is 5.45. The van der Waals surface area contributed by atoms with E-state index in [2.05, 4.69) is 74.3 Å². The summed E-state index contributed by atoms with van der Waals surface area (Å²) in [7, 11) is 0. The second-order valence-electron chi connectivity index (χ2n) is 8.17. The third kappa shape index (κ3) is 4.29. The zero-order chi connectivity index (χ0) is 20.4. The molecule has 0 aliphatic carbocycles. The van der Waals surface area contributed by atoms with E-state index in [1.54, 1.807) is 0 Å². The van der Waals surface area contributed by atoms with Crippen molar-refractivity contribution in [2.24, 2.45) is 0 Å². The second-order valence-corrected chi connectivity index (χ2v) is 8.17. The molecule has 0 unspecified atom stereocenters. The van der Waals surface area contributed by atoms with Crippen LogP contribution in [0.25, 0.3) is 22.0 Å². The Hall–Kier alpha value is -2.43. The van der Waals surface area contributed by atoms with Crippen LogP contribution in [-0.4, -0.2) is 49.3 Å². The maximum Gasteiger partial charge on any atom is 0.0804 e. The number of aryl methyl sites for hydroxylation is 4. The topological polar surface area (TPSA) is 37.4 Å². The molecule has 1 fully saturated rings. The Kier molecular flexibility index (Phi) is 5.84. The summed E-state index contributed by atoms with van der Waals surface area (Å²) < 4.78 is 5.45. The minimum atomic E-state index is 0.843. The van der Waals surface area contributed by atoms with Gasteiger partial charge in [0.1, 0.15) is 0 Å². The molecule has 2 aromatic carbocycles. The molecule has 0 atom stereocenters. The predicted octanol–water partition coefficient (Wildman–Crippen LogP) is 4.88. The molecule has 1 aliphatic heterocycles. The number of para-hydroxylation sites is 1. The highest BCUT2D eigenvalue weighted by molar-refractivity contribution is 6.01. The van der Waals surface area contributed by atoms with Crippen LogP contribution in [0.5, 0.6) is 0 Å². The Balaban J connectivity index is 1.68. The van der Waals surface area contributed by atoms with Crippen molar-refractivity contribution < 1.29 is 4.74 Å². The number of pyridine rings is 1. The average Bonchev–Trinajstić information content (AvgIpc) is 2.68. The van der Waals surface area contributed by atoms with Crippen LogP contribution in [-0.2, 0) is 4.74 Å². The largest absolute Gasteiger partial charge is 0.383 e. The van der Waals surface area contributed by atoms with Gasteiger partial charge in [-0.3, -0.25) is 9.88 Å². The first-order chi connectivity index (χ1) is 14.0. The second kappa shape index (κ2) is 8.52. The fourth-order valence-corrected chi connectivity index (χ4v) is 4.50. The van der Waals surface area contributed by atoms with Gasteiger partial charge >= 0.3 is 0 Å². The Bertz CT molecular complexity index is 999. The SMILES string of the molecule is Cc1cc(C)c(-c2cccc3c(NCCN4CCOCC4)cc(C)nc23)c(C)c1. The molecule has 1 aliphatic rings. The van der Waals surface area contributed by atoms with Crippen LogP contribution >= 0.6 is 0 Å². The summed E-state index contributed by atoms with van der Waals surface area (Å²) in [5, 5.41) is 4.86. The lowest BCUT2D eigenvalue weighted by Gasteiger charge is -2.26. The Morgan fingerprint density at radius 2 is 1.72 bits per heavy atom. The first kappa shape index (κ1) is 19.9. The zero-order valence-electron chi connectivity index (χ0n) is 18.0. The molecule has 1 aromatic heterocycles. The number of ether oxygens (including phenoxy) is 1. The molecule has 4 nitrogen and oxygen atoms in total. The maximum atomic E-state index is 5.45. The van der Waals surface area contributed by atoms with Crippen LogP contribution in [0.1, 0.15) is 22.4 Å². The fourth-order valence-electron chi connectivity index (χ4n) is 4.50. The first-order valence-electron chi connectivity index (χ1n) is 10.6. The number of benzene rings is 2. The lowest BCUT2D eigenvalue weighted by Crippen LogP contribution is -2.39. The summed E-state index contributed by atoms with van der Waals surface area (Å²) in [5.41, 5.74) is 9.73. The van der Waals surface area contributed by atoms with E-state index in [1.165, 1.54) is 38.9 Å². The summed E-state index contributed by atoms with van der Waals surface area (Å²) >= 11 is 0. The van der Waals surface area contributed by atoms with Gasteiger partial charge in [-0.2, -0.15) is 0 Å². The molecule has 0 saturated carbocycles. The van der Waals surface area contributed by atoms with Crippen molar-refractivity contribution in [2.45, 2.75) is 27.7 Å². The molecular weight excluding hydrogens is 358 g/mol. The quantitative estimate of drug-likeness (QED) is 0.675. The van der Waals surface area contributed by atoms with E-state index >= 15 is 0 Å². The summed E-state index contributed by atoms with van der Waals surface area (Å²) in [6.07, 6.45) is 0. The third-order valence-electron chi connectivity index (χ3n) is 5.76. The van der Waals surface area contributed by atoms with Crippen LogP contribution in [0.3, 0.4) is 0 Å². The average molecular weight is 390 g/mol. The molecule has 2 heterocycles. The molecule has 1 saturated heterocycles. The first-order valence-corrected chi connectivity index (χ1v) is 10.6. The number of aromatic nitrogens is 1. The van der Waals surface area contributed by atoms with Crippen molar-refractivity contribution in [3.05, 3.63) is 58.8 Å². The lowest BCUT2D eigenvalue weighted by atomic mass is 9.92. The molecule has 4 heteroatoms. The van der Waals surface area contributed by atoms with Gasteiger partial charge < -0.3 is 10.1 Å². The van der Waals surface area contributed by atoms with Gasteiger partial charge in [-0.05, 0) is 50.5 Å². The van der Waals surface area contributed by atoms with Crippen LogP contribution in [0.4, 0.5) is 5.69 Å². The molecule has 0 radical (unpaired) electrons. The molecule has 4 rings (SSSR count). The van der Waals surface area contributed by atoms with Crippen molar-refractivity contribution in [3.63, 3.8) is 0 Å². The van der Waals surface area contributed by atoms with Crippen molar-refractivity contribution in [1.82, 2.24) is 9.88 Å². The minimum Gasteiger partial charge on any atom is -0.383 e. The molecule has 1 N–H and O–H groups in total. The molecule has 29 heavy (non-hydrogen) atoms.